The van der Waals surface area contributed by atoms with Gasteiger partial charge in [-0.05, 0) is 57.7 Å². The molecule has 4 amide bonds. The van der Waals surface area contributed by atoms with E-state index in [1.165, 1.54) is 24.9 Å². The molecule has 0 spiro atoms. The van der Waals surface area contributed by atoms with E-state index in [-0.39, 0.29) is 29.9 Å². The Balaban J connectivity index is 1.28. The number of fused-ring (bicyclic) bond motifs is 3. The third-order valence-electron chi connectivity index (χ3n) is 11.4. The molecule has 5 aromatic rings. The molecule has 0 radical (unpaired) electrons. The van der Waals surface area contributed by atoms with Crippen molar-refractivity contribution >= 4 is 41.5 Å². The molecule has 1 aliphatic rings. The Bertz CT molecular complexity index is 2300. The van der Waals surface area contributed by atoms with Crippen molar-refractivity contribution in [3.05, 3.63) is 179 Å². The number of allylic oxidation sites excluding steroid dienone is 1. The molecule has 0 saturated carbocycles. The summed E-state index contributed by atoms with van der Waals surface area (Å²) in [4.78, 5) is 68.8. The van der Waals surface area contributed by atoms with Crippen molar-refractivity contribution in [3.8, 4) is 11.1 Å². The third kappa shape index (κ3) is 10.6. The highest BCUT2D eigenvalue weighted by Crippen LogP contribution is 2.49. The third-order valence-corrected chi connectivity index (χ3v) is 13.0. The number of rotatable bonds is 18. The average molecular weight is 881 g/mol. The SMILES string of the molecule is C/C=C(\NC(=O)[C@@H](CSC(c1ccccc1)(c1ccccc1)c1ccccc1)NC(=O)[C@H](NC(=O)OCC1c2ccccc2-c2ccccc21)C(C)C)C(=O)N[C@H](C(=O)OC)C(C)C. The molecule has 0 fully saturated rings. The van der Waals surface area contributed by atoms with Crippen LogP contribution in [0.25, 0.3) is 11.1 Å². The first kappa shape index (κ1) is 46.8. The zero-order valence-electron chi connectivity index (χ0n) is 37.0. The Morgan fingerprint density at radius 3 is 1.55 bits per heavy atom. The molecule has 5 aromatic carbocycles. The van der Waals surface area contributed by atoms with Gasteiger partial charge in [-0.3, -0.25) is 14.4 Å². The molecule has 0 bridgehead atoms. The van der Waals surface area contributed by atoms with Gasteiger partial charge < -0.3 is 30.7 Å². The lowest BCUT2D eigenvalue weighted by molar-refractivity contribution is -0.146. The lowest BCUT2D eigenvalue weighted by atomic mass is 9.84. The monoisotopic (exact) mass is 880 g/mol. The van der Waals surface area contributed by atoms with Gasteiger partial charge in [0.05, 0.1) is 11.9 Å². The summed E-state index contributed by atoms with van der Waals surface area (Å²) in [6, 6.07) is 42.5. The van der Waals surface area contributed by atoms with Crippen LogP contribution in [0.5, 0.6) is 0 Å². The second-order valence-electron chi connectivity index (χ2n) is 16.3. The number of benzene rings is 5. The molecule has 0 unspecified atom stereocenters. The number of ether oxygens (including phenoxy) is 2. The minimum atomic E-state index is -1.25. The number of hydrogen-bond donors (Lipinski definition) is 4. The van der Waals surface area contributed by atoms with Crippen molar-refractivity contribution < 1.29 is 33.4 Å². The first-order valence-corrected chi connectivity index (χ1v) is 22.5. The Morgan fingerprint density at radius 2 is 1.09 bits per heavy atom. The quantitative estimate of drug-likeness (QED) is 0.0392. The maximum absolute atomic E-state index is 14.6. The van der Waals surface area contributed by atoms with Crippen molar-refractivity contribution in [1.82, 2.24) is 21.3 Å². The number of alkyl carbamates (subject to hydrolysis) is 1. The van der Waals surface area contributed by atoms with E-state index in [1.807, 2.05) is 127 Å². The molecular weight excluding hydrogens is 825 g/mol. The van der Waals surface area contributed by atoms with Gasteiger partial charge in [-0.25, -0.2) is 9.59 Å². The normalized spacial score (nSPS) is 13.8. The number of carbonyl (C=O) groups is 5. The molecule has 6 rings (SSSR count). The van der Waals surface area contributed by atoms with Crippen LogP contribution in [-0.4, -0.2) is 67.4 Å². The van der Waals surface area contributed by atoms with Crippen molar-refractivity contribution in [3.63, 3.8) is 0 Å². The maximum Gasteiger partial charge on any atom is 0.407 e. The Hall–Kier alpha value is -6.66. The summed E-state index contributed by atoms with van der Waals surface area (Å²) >= 11 is 1.45. The van der Waals surface area contributed by atoms with E-state index in [4.69, 9.17) is 9.47 Å². The minimum absolute atomic E-state index is 0.0153. The molecule has 1 aliphatic carbocycles. The van der Waals surface area contributed by atoms with Crippen LogP contribution in [-0.2, 0) is 33.4 Å². The summed E-state index contributed by atoms with van der Waals surface area (Å²) in [5, 5.41) is 11.1. The number of methoxy groups -OCH3 is 1. The van der Waals surface area contributed by atoms with E-state index >= 15 is 0 Å². The summed E-state index contributed by atoms with van der Waals surface area (Å²) in [6.07, 6.45) is 0.645. The lowest BCUT2D eigenvalue weighted by Crippen LogP contribution is -2.57. The Labute approximate surface area is 379 Å². The van der Waals surface area contributed by atoms with Crippen LogP contribution in [0.1, 0.15) is 68.4 Å². The van der Waals surface area contributed by atoms with Crippen LogP contribution in [0, 0.1) is 11.8 Å². The van der Waals surface area contributed by atoms with Crippen LogP contribution < -0.4 is 21.3 Å². The van der Waals surface area contributed by atoms with E-state index in [0.29, 0.717) is 0 Å². The minimum Gasteiger partial charge on any atom is -0.467 e. The smallest absolute Gasteiger partial charge is 0.407 e. The van der Waals surface area contributed by atoms with Gasteiger partial charge in [-0.15, -0.1) is 11.8 Å². The van der Waals surface area contributed by atoms with E-state index in [2.05, 4.69) is 33.4 Å². The number of thioether (sulfide) groups is 1. The van der Waals surface area contributed by atoms with Crippen molar-refractivity contribution in [2.45, 2.75) is 63.4 Å². The molecule has 0 saturated heterocycles. The summed E-state index contributed by atoms with van der Waals surface area (Å²) in [5.41, 5.74) is 6.98. The second kappa shape index (κ2) is 21.6. The fourth-order valence-corrected chi connectivity index (χ4v) is 9.61. The van der Waals surface area contributed by atoms with Crippen LogP contribution >= 0.6 is 11.8 Å². The van der Waals surface area contributed by atoms with Gasteiger partial charge in [-0.2, -0.15) is 0 Å². The van der Waals surface area contributed by atoms with Gasteiger partial charge >= 0.3 is 12.1 Å². The molecule has 332 valence electrons. The van der Waals surface area contributed by atoms with Crippen LogP contribution in [0.2, 0.25) is 0 Å². The Kier molecular flexibility index (Phi) is 15.8. The lowest BCUT2D eigenvalue weighted by Gasteiger charge is -2.36. The van der Waals surface area contributed by atoms with Crippen LogP contribution in [0.4, 0.5) is 4.79 Å². The zero-order chi connectivity index (χ0) is 45.8. The second-order valence-corrected chi connectivity index (χ2v) is 17.5. The van der Waals surface area contributed by atoms with Crippen LogP contribution in [0.3, 0.4) is 0 Å². The predicted molar refractivity (Wildman–Crippen MR) is 251 cm³/mol. The molecular formula is C52H56N4O7S. The first-order valence-electron chi connectivity index (χ1n) is 21.5. The highest BCUT2D eigenvalue weighted by Gasteiger charge is 2.40. The van der Waals surface area contributed by atoms with E-state index < -0.39 is 58.6 Å². The first-order chi connectivity index (χ1) is 30.9. The zero-order valence-corrected chi connectivity index (χ0v) is 37.8. The highest BCUT2D eigenvalue weighted by atomic mass is 32.2. The van der Waals surface area contributed by atoms with Gasteiger partial charge in [0.15, 0.2) is 0 Å². The average Bonchev–Trinajstić information content (AvgIpc) is 3.64. The van der Waals surface area contributed by atoms with E-state index in [9.17, 15) is 24.0 Å². The summed E-state index contributed by atoms with van der Waals surface area (Å²) in [7, 11) is 1.24. The van der Waals surface area contributed by atoms with Crippen LogP contribution in [0.15, 0.2) is 151 Å². The Morgan fingerprint density at radius 1 is 0.625 bits per heavy atom. The topological polar surface area (TPSA) is 152 Å². The van der Waals surface area contributed by atoms with Gasteiger partial charge in [0.1, 0.15) is 30.4 Å². The highest BCUT2D eigenvalue weighted by molar-refractivity contribution is 8.00. The number of nitrogens with one attached hydrogen (secondary N) is 4. The van der Waals surface area contributed by atoms with Crippen molar-refractivity contribution in [1.29, 1.82) is 0 Å². The molecule has 3 atom stereocenters. The largest absolute Gasteiger partial charge is 0.467 e. The molecule has 0 aliphatic heterocycles. The van der Waals surface area contributed by atoms with Gasteiger partial charge in [0.2, 0.25) is 11.8 Å². The van der Waals surface area contributed by atoms with Crippen molar-refractivity contribution in [2.75, 3.05) is 19.5 Å². The van der Waals surface area contributed by atoms with Gasteiger partial charge in [-0.1, -0.05) is 173 Å². The summed E-state index contributed by atoms with van der Waals surface area (Å²) in [5.74, 6) is -3.54. The van der Waals surface area contributed by atoms with Gasteiger partial charge in [0, 0.05) is 11.7 Å². The summed E-state index contributed by atoms with van der Waals surface area (Å²) in [6.45, 7) is 8.74. The number of esters is 1. The molecule has 64 heavy (non-hydrogen) atoms. The molecule has 0 heterocycles. The fourth-order valence-electron chi connectivity index (χ4n) is 8.05. The predicted octanol–water partition coefficient (Wildman–Crippen LogP) is 8.09. The van der Waals surface area contributed by atoms with E-state index in [0.717, 1.165) is 38.9 Å². The molecule has 12 heteroatoms. The van der Waals surface area contributed by atoms with Gasteiger partial charge in [0.25, 0.3) is 5.91 Å². The van der Waals surface area contributed by atoms with Crippen molar-refractivity contribution in [2.24, 2.45) is 11.8 Å². The summed E-state index contributed by atoms with van der Waals surface area (Å²) < 4.78 is 9.88. The maximum atomic E-state index is 14.6. The standard InChI is InChI=1S/C52H56N4O7S/c1-7-43(47(57)55-46(34(4)5)50(60)62-6)53-48(58)44(32-64-52(35-21-11-8-12-22-35,36-23-13-9-14-24-36)37-25-15-10-16-26-37)54-49(59)45(33(2)3)56-51(61)63-31-42-40-29-19-17-27-38(40)39-28-18-20-30-41(39)42/h7-30,33-34,42,44-46H,31-32H2,1-6H3,(H,53,58)(H,54,59)(H,55,57)(H,56,61)/b43-7-/t44-,45-,46+/m1/s1. The number of carbonyl (C=O) groups excluding carboxylic acids is 5. The van der Waals surface area contributed by atoms with E-state index in [1.54, 1.807) is 34.6 Å². The fraction of sp³-hybridized carbons (Fsp3) is 0.288. The number of hydrogen-bond acceptors (Lipinski definition) is 8. The number of amides is 4. The molecule has 4 N–H and O–H groups in total. The molecule has 0 aromatic heterocycles. The molecule has 11 nitrogen and oxygen atoms in total.